The van der Waals surface area contributed by atoms with Crippen molar-refractivity contribution in [1.82, 2.24) is 0 Å². The Morgan fingerprint density at radius 3 is 2.60 bits per heavy atom. The molecule has 1 saturated carbocycles. The second kappa shape index (κ2) is 7.22. The summed E-state index contributed by atoms with van der Waals surface area (Å²) in [6.45, 7) is 0. The minimum Gasteiger partial charge on any atom is -0.469 e. The first-order valence-corrected chi connectivity index (χ1v) is 7.31. The first kappa shape index (κ1) is 14.8. The highest BCUT2D eigenvalue weighted by atomic mass is 16.5. The Bertz CT molecular complexity index is 453. The van der Waals surface area contributed by atoms with Crippen molar-refractivity contribution >= 4 is 11.8 Å². The van der Waals surface area contributed by atoms with Gasteiger partial charge in [-0.15, -0.1) is 0 Å². The lowest BCUT2D eigenvalue weighted by atomic mass is 9.88. The van der Waals surface area contributed by atoms with Crippen LogP contribution in [0.4, 0.5) is 0 Å². The predicted octanol–water partition coefficient (Wildman–Crippen LogP) is 3.17. The number of ether oxygens (including phenoxy) is 1. The molecule has 0 aliphatic heterocycles. The van der Waals surface area contributed by atoms with Crippen LogP contribution in [0.15, 0.2) is 30.3 Å². The molecule has 0 aromatic heterocycles. The summed E-state index contributed by atoms with van der Waals surface area (Å²) < 4.78 is 4.72. The van der Waals surface area contributed by atoms with E-state index in [4.69, 9.17) is 4.74 Å². The third kappa shape index (κ3) is 4.19. The third-order valence-corrected chi connectivity index (χ3v) is 4.19. The third-order valence-electron chi connectivity index (χ3n) is 4.19. The lowest BCUT2D eigenvalue weighted by molar-refractivity contribution is -0.142. The Morgan fingerprint density at radius 2 is 1.90 bits per heavy atom. The topological polar surface area (TPSA) is 43.4 Å². The second-order valence-corrected chi connectivity index (χ2v) is 5.63. The number of carbonyl (C=O) groups is 2. The molecule has 3 nitrogen and oxygen atoms in total. The fourth-order valence-corrected chi connectivity index (χ4v) is 3.09. The van der Waals surface area contributed by atoms with Crippen molar-refractivity contribution in [1.29, 1.82) is 0 Å². The van der Waals surface area contributed by atoms with Gasteiger partial charge in [0.15, 0.2) is 0 Å². The summed E-state index contributed by atoms with van der Waals surface area (Å²) in [6, 6.07) is 10.4. The van der Waals surface area contributed by atoms with E-state index >= 15 is 0 Å². The Labute approximate surface area is 120 Å². The van der Waals surface area contributed by atoms with E-state index in [9.17, 15) is 9.59 Å². The van der Waals surface area contributed by atoms with Crippen LogP contribution in [0.5, 0.6) is 0 Å². The predicted molar refractivity (Wildman–Crippen MR) is 77.2 cm³/mol. The van der Waals surface area contributed by atoms with Gasteiger partial charge in [0, 0.05) is 19.3 Å². The maximum atomic E-state index is 11.6. The van der Waals surface area contributed by atoms with Gasteiger partial charge >= 0.3 is 5.97 Å². The van der Waals surface area contributed by atoms with E-state index in [-0.39, 0.29) is 11.9 Å². The van der Waals surface area contributed by atoms with Gasteiger partial charge in [-0.3, -0.25) is 9.59 Å². The van der Waals surface area contributed by atoms with Gasteiger partial charge in [-0.05, 0) is 36.7 Å². The lowest BCUT2D eigenvalue weighted by Gasteiger charge is -2.17. The van der Waals surface area contributed by atoms with Crippen molar-refractivity contribution < 1.29 is 14.3 Å². The number of esters is 1. The van der Waals surface area contributed by atoms with E-state index < -0.39 is 0 Å². The molecule has 0 amide bonds. The summed E-state index contributed by atoms with van der Waals surface area (Å²) in [5, 5.41) is 0. The van der Waals surface area contributed by atoms with Crippen molar-refractivity contribution in [2.75, 3.05) is 7.11 Å². The van der Waals surface area contributed by atoms with Crippen LogP contribution in [0.3, 0.4) is 0 Å². The monoisotopic (exact) mass is 274 g/mol. The van der Waals surface area contributed by atoms with Crippen LogP contribution in [0.1, 0.15) is 37.7 Å². The number of rotatable bonds is 6. The van der Waals surface area contributed by atoms with Crippen LogP contribution in [0, 0.1) is 11.8 Å². The van der Waals surface area contributed by atoms with Crippen molar-refractivity contribution in [3.05, 3.63) is 35.9 Å². The zero-order valence-electron chi connectivity index (χ0n) is 12.0. The second-order valence-electron chi connectivity index (χ2n) is 5.63. The molecule has 0 saturated heterocycles. The summed E-state index contributed by atoms with van der Waals surface area (Å²) in [6.07, 6.45) is 4.69. The molecule has 1 aromatic carbocycles. The standard InChI is InChI=1S/C17H22O3/c1-20-17(19)12-15-11-16(18)10-14(15)9-5-8-13-6-3-2-4-7-13/h2-4,6-7,14-15H,5,8-12H2,1H3. The molecule has 0 radical (unpaired) electrons. The van der Waals surface area contributed by atoms with Crippen molar-refractivity contribution in [2.45, 2.75) is 38.5 Å². The van der Waals surface area contributed by atoms with Gasteiger partial charge in [-0.25, -0.2) is 0 Å². The van der Waals surface area contributed by atoms with Gasteiger partial charge in [0.1, 0.15) is 5.78 Å². The zero-order chi connectivity index (χ0) is 14.4. The van der Waals surface area contributed by atoms with E-state index in [1.54, 1.807) is 0 Å². The number of hydrogen-bond donors (Lipinski definition) is 0. The SMILES string of the molecule is COC(=O)CC1CC(=O)CC1CCCc1ccccc1. The van der Waals surface area contributed by atoms with Gasteiger partial charge in [-0.1, -0.05) is 30.3 Å². The Hall–Kier alpha value is -1.64. The summed E-state index contributed by atoms with van der Waals surface area (Å²) >= 11 is 0. The molecule has 2 rings (SSSR count). The van der Waals surface area contributed by atoms with E-state index in [0.717, 1.165) is 19.3 Å². The molecule has 2 atom stereocenters. The smallest absolute Gasteiger partial charge is 0.305 e. The fourth-order valence-electron chi connectivity index (χ4n) is 3.09. The average molecular weight is 274 g/mol. The number of ketones is 1. The molecule has 2 unspecified atom stereocenters. The Kier molecular flexibility index (Phi) is 5.33. The quantitative estimate of drug-likeness (QED) is 0.748. The molecule has 0 spiro atoms. The highest BCUT2D eigenvalue weighted by Crippen LogP contribution is 2.35. The van der Waals surface area contributed by atoms with Gasteiger partial charge in [0.2, 0.25) is 0 Å². The molecule has 0 N–H and O–H groups in total. The molecular formula is C17H22O3. The molecular weight excluding hydrogens is 252 g/mol. The summed E-state index contributed by atoms with van der Waals surface area (Å²) in [5.74, 6) is 0.636. The first-order valence-electron chi connectivity index (χ1n) is 7.31. The Balaban J connectivity index is 1.81. The van der Waals surface area contributed by atoms with Gasteiger partial charge < -0.3 is 4.74 Å². The summed E-state index contributed by atoms with van der Waals surface area (Å²) in [5.41, 5.74) is 1.33. The largest absolute Gasteiger partial charge is 0.469 e. The molecule has 0 bridgehead atoms. The number of methoxy groups -OCH3 is 1. The number of carbonyl (C=O) groups excluding carboxylic acids is 2. The van der Waals surface area contributed by atoms with Gasteiger partial charge in [0.05, 0.1) is 7.11 Å². The molecule has 1 fully saturated rings. The maximum Gasteiger partial charge on any atom is 0.305 e. The number of hydrogen-bond acceptors (Lipinski definition) is 3. The Morgan fingerprint density at radius 1 is 1.20 bits per heavy atom. The lowest BCUT2D eigenvalue weighted by Crippen LogP contribution is -2.14. The first-order chi connectivity index (χ1) is 9.69. The highest BCUT2D eigenvalue weighted by Gasteiger charge is 2.33. The minimum atomic E-state index is -0.197. The van der Waals surface area contributed by atoms with Crippen molar-refractivity contribution in [3.8, 4) is 0 Å². The highest BCUT2D eigenvalue weighted by molar-refractivity contribution is 5.82. The fraction of sp³-hybridized carbons (Fsp3) is 0.529. The van der Waals surface area contributed by atoms with Crippen molar-refractivity contribution in [2.24, 2.45) is 11.8 Å². The molecule has 108 valence electrons. The molecule has 1 aromatic rings. The van der Waals surface area contributed by atoms with Crippen LogP contribution < -0.4 is 0 Å². The van der Waals surface area contributed by atoms with E-state index in [2.05, 4.69) is 24.3 Å². The summed E-state index contributed by atoms with van der Waals surface area (Å²) in [4.78, 5) is 23.0. The molecule has 3 heteroatoms. The molecule has 20 heavy (non-hydrogen) atoms. The maximum absolute atomic E-state index is 11.6. The van der Waals surface area contributed by atoms with E-state index in [0.29, 0.717) is 31.0 Å². The van der Waals surface area contributed by atoms with Crippen LogP contribution in [-0.4, -0.2) is 18.9 Å². The van der Waals surface area contributed by atoms with E-state index in [1.165, 1.54) is 12.7 Å². The average Bonchev–Trinajstić information content (AvgIpc) is 2.80. The van der Waals surface area contributed by atoms with Gasteiger partial charge in [-0.2, -0.15) is 0 Å². The summed E-state index contributed by atoms with van der Waals surface area (Å²) in [7, 11) is 1.41. The van der Waals surface area contributed by atoms with E-state index in [1.807, 2.05) is 6.07 Å². The minimum absolute atomic E-state index is 0.186. The molecule has 1 aliphatic carbocycles. The van der Waals surface area contributed by atoms with Crippen molar-refractivity contribution in [3.63, 3.8) is 0 Å². The van der Waals surface area contributed by atoms with Crippen LogP contribution >= 0.6 is 0 Å². The number of aryl methyl sites for hydroxylation is 1. The number of Topliss-reactive ketones (excluding diaryl/α,β-unsaturated/α-hetero) is 1. The van der Waals surface area contributed by atoms with Crippen LogP contribution in [-0.2, 0) is 20.7 Å². The van der Waals surface area contributed by atoms with Crippen LogP contribution in [0.25, 0.3) is 0 Å². The van der Waals surface area contributed by atoms with Gasteiger partial charge in [0.25, 0.3) is 0 Å². The van der Waals surface area contributed by atoms with Crippen LogP contribution in [0.2, 0.25) is 0 Å². The molecule has 1 aliphatic rings. The normalized spacial score (nSPS) is 21.9. The molecule has 0 heterocycles. The zero-order valence-corrected chi connectivity index (χ0v) is 12.0. The number of benzene rings is 1.